The van der Waals surface area contributed by atoms with Gasteiger partial charge in [0.05, 0.1) is 12.1 Å². The summed E-state index contributed by atoms with van der Waals surface area (Å²) in [6.07, 6.45) is 4.86. The maximum absolute atomic E-state index is 4.51. The SMILES string of the molecule is C1=NC2C(N=CC1)C2c1ccccc1. The average molecular weight is 184 g/mol. The van der Waals surface area contributed by atoms with Gasteiger partial charge in [-0.25, -0.2) is 0 Å². The molecule has 2 unspecified atom stereocenters. The summed E-state index contributed by atoms with van der Waals surface area (Å²) in [6, 6.07) is 11.4. The molecule has 1 fully saturated rings. The molecule has 14 heavy (non-hydrogen) atoms. The maximum Gasteiger partial charge on any atom is 0.0815 e. The van der Waals surface area contributed by atoms with E-state index in [9.17, 15) is 0 Å². The molecule has 2 atom stereocenters. The molecule has 0 amide bonds. The molecule has 0 bridgehead atoms. The van der Waals surface area contributed by atoms with Crippen LogP contribution in [0.4, 0.5) is 0 Å². The van der Waals surface area contributed by atoms with Crippen LogP contribution in [0.25, 0.3) is 0 Å². The number of benzene rings is 1. The van der Waals surface area contributed by atoms with Crippen molar-refractivity contribution < 1.29 is 0 Å². The van der Waals surface area contributed by atoms with Gasteiger partial charge in [0.1, 0.15) is 0 Å². The Morgan fingerprint density at radius 1 is 0.929 bits per heavy atom. The molecular weight excluding hydrogens is 172 g/mol. The molecule has 1 aliphatic carbocycles. The zero-order valence-corrected chi connectivity index (χ0v) is 7.88. The molecule has 70 valence electrons. The highest BCUT2D eigenvalue weighted by atomic mass is 15.0. The number of nitrogens with zero attached hydrogens (tertiary/aromatic N) is 2. The summed E-state index contributed by atoms with van der Waals surface area (Å²) in [5.41, 5.74) is 1.37. The molecule has 1 aromatic carbocycles. The second-order valence-corrected chi connectivity index (χ2v) is 3.82. The Morgan fingerprint density at radius 3 is 2.21 bits per heavy atom. The predicted molar refractivity (Wildman–Crippen MR) is 58.4 cm³/mol. The van der Waals surface area contributed by atoms with Crippen LogP contribution in [0.15, 0.2) is 40.3 Å². The number of rotatable bonds is 1. The van der Waals surface area contributed by atoms with Crippen LogP contribution in [0, 0.1) is 0 Å². The Morgan fingerprint density at radius 2 is 1.57 bits per heavy atom. The Kier molecular flexibility index (Phi) is 1.72. The molecule has 0 spiro atoms. The second kappa shape index (κ2) is 3.05. The third-order valence-electron chi connectivity index (χ3n) is 2.90. The third-order valence-corrected chi connectivity index (χ3v) is 2.90. The van der Waals surface area contributed by atoms with Gasteiger partial charge in [0, 0.05) is 24.8 Å². The molecule has 2 nitrogen and oxygen atoms in total. The van der Waals surface area contributed by atoms with Gasteiger partial charge < -0.3 is 0 Å². The van der Waals surface area contributed by atoms with E-state index in [1.165, 1.54) is 5.56 Å². The number of hydrogen-bond acceptors (Lipinski definition) is 2. The van der Waals surface area contributed by atoms with E-state index < -0.39 is 0 Å². The van der Waals surface area contributed by atoms with Crippen LogP contribution in [0.3, 0.4) is 0 Å². The molecule has 1 aliphatic heterocycles. The normalized spacial score (nSPS) is 33.6. The molecule has 1 heterocycles. The quantitative estimate of drug-likeness (QED) is 0.638. The smallest absolute Gasteiger partial charge is 0.0815 e. The van der Waals surface area contributed by atoms with Gasteiger partial charge >= 0.3 is 0 Å². The molecule has 0 radical (unpaired) electrons. The van der Waals surface area contributed by atoms with E-state index >= 15 is 0 Å². The van der Waals surface area contributed by atoms with Gasteiger partial charge in [-0.05, 0) is 5.56 Å². The second-order valence-electron chi connectivity index (χ2n) is 3.82. The standard InChI is InChI=1S/C12H12N2/c1-2-5-9(6-3-1)10-11-12(10)14-8-4-7-13-11/h1-3,5-8,10-12H,4H2. The monoisotopic (exact) mass is 184 g/mol. The summed E-state index contributed by atoms with van der Waals surface area (Å²) in [4.78, 5) is 9.01. The minimum absolute atomic E-state index is 0.413. The fourth-order valence-corrected chi connectivity index (χ4v) is 2.12. The van der Waals surface area contributed by atoms with Crippen molar-refractivity contribution in [1.82, 2.24) is 0 Å². The van der Waals surface area contributed by atoms with Crippen molar-refractivity contribution in [2.75, 3.05) is 0 Å². The minimum atomic E-state index is 0.413. The molecular formula is C12H12N2. The van der Waals surface area contributed by atoms with Gasteiger partial charge in [-0.2, -0.15) is 0 Å². The summed E-state index contributed by atoms with van der Waals surface area (Å²) < 4.78 is 0. The Bertz CT molecular complexity index is 363. The van der Waals surface area contributed by atoms with Crippen LogP contribution in [0.5, 0.6) is 0 Å². The fourth-order valence-electron chi connectivity index (χ4n) is 2.12. The Hall–Kier alpha value is -1.44. The van der Waals surface area contributed by atoms with Crippen molar-refractivity contribution in [2.45, 2.75) is 24.4 Å². The number of fused-ring (bicyclic) bond motifs is 1. The van der Waals surface area contributed by atoms with Crippen molar-refractivity contribution in [1.29, 1.82) is 0 Å². The van der Waals surface area contributed by atoms with Gasteiger partial charge in [0.15, 0.2) is 0 Å². The highest BCUT2D eigenvalue weighted by molar-refractivity contribution is 5.81. The molecule has 1 aromatic rings. The van der Waals surface area contributed by atoms with Gasteiger partial charge in [-0.3, -0.25) is 9.98 Å². The summed E-state index contributed by atoms with van der Waals surface area (Å²) in [6.45, 7) is 0. The van der Waals surface area contributed by atoms with E-state index in [1.54, 1.807) is 0 Å². The van der Waals surface area contributed by atoms with E-state index in [2.05, 4.69) is 34.3 Å². The average Bonchev–Trinajstić information content (AvgIpc) is 2.93. The van der Waals surface area contributed by atoms with E-state index in [1.807, 2.05) is 18.5 Å². The number of aliphatic imine (C=N–C) groups is 2. The molecule has 0 N–H and O–H groups in total. The number of hydrogen-bond donors (Lipinski definition) is 0. The first kappa shape index (κ1) is 7.92. The van der Waals surface area contributed by atoms with Crippen molar-refractivity contribution in [3.63, 3.8) is 0 Å². The lowest BCUT2D eigenvalue weighted by atomic mass is 10.1. The molecule has 0 saturated heterocycles. The van der Waals surface area contributed by atoms with Gasteiger partial charge in [-0.1, -0.05) is 30.3 Å². The van der Waals surface area contributed by atoms with Crippen molar-refractivity contribution in [3.05, 3.63) is 35.9 Å². The summed E-state index contributed by atoms with van der Waals surface area (Å²) >= 11 is 0. The van der Waals surface area contributed by atoms with E-state index in [0.29, 0.717) is 18.0 Å². The Balaban J connectivity index is 1.88. The summed E-state index contributed by atoms with van der Waals surface area (Å²) in [5.74, 6) is 0.531. The first-order chi connectivity index (χ1) is 6.97. The molecule has 2 heteroatoms. The first-order valence-electron chi connectivity index (χ1n) is 5.05. The maximum atomic E-state index is 4.51. The first-order valence-corrected chi connectivity index (χ1v) is 5.05. The lowest BCUT2D eigenvalue weighted by Crippen LogP contribution is -1.86. The summed E-state index contributed by atoms with van der Waals surface area (Å²) in [7, 11) is 0. The predicted octanol–water partition coefficient (Wildman–Crippen LogP) is 2.07. The molecule has 3 rings (SSSR count). The van der Waals surface area contributed by atoms with Crippen LogP contribution >= 0.6 is 0 Å². The minimum Gasteiger partial charge on any atom is -0.291 e. The molecule has 1 saturated carbocycles. The van der Waals surface area contributed by atoms with Crippen molar-refractivity contribution in [2.24, 2.45) is 9.98 Å². The van der Waals surface area contributed by atoms with Crippen LogP contribution in [0.1, 0.15) is 17.9 Å². The topological polar surface area (TPSA) is 24.7 Å². The van der Waals surface area contributed by atoms with E-state index in [4.69, 9.17) is 0 Å². The largest absolute Gasteiger partial charge is 0.291 e. The highest BCUT2D eigenvalue weighted by Gasteiger charge is 2.51. The van der Waals surface area contributed by atoms with E-state index in [-0.39, 0.29) is 0 Å². The highest BCUT2D eigenvalue weighted by Crippen LogP contribution is 2.46. The van der Waals surface area contributed by atoms with Gasteiger partial charge in [-0.15, -0.1) is 0 Å². The third kappa shape index (κ3) is 1.18. The lowest BCUT2D eigenvalue weighted by molar-refractivity contribution is 0.978. The van der Waals surface area contributed by atoms with Crippen LogP contribution in [0.2, 0.25) is 0 Å². The van der Waals surface area contributed by atoms with Gasteiger partial charge in [0.25, 0.3) is 0 Å². The molecule has 2 aliphatic rings. The van der Waals surface area contributed by atoms with Crippen molar-refractivity contribution in [3.8, 4) is 0 Å². The van der Waals surface area contributed by atoms with E-state index in [0.717, 1.165) is 6.42 Å². The van der Waals surface area contributed by atoms with Crippen molar-refractivity contribution >= 4 is 12.4 Å². The zero-order valence-electron chi connectivity index (χ0n) is 7.88. The lowest BCUT2D eigenvalue weighted by Gasteiger charge is -1.96. The van der Waals surface area contributed by atoms with Crippen LogP contribution in [-0.4, -0.2) is 24.5 Å². The zero-order chi connectivity index (χ0) is 9.38. The Labute approximate surface area is 83.4 Å². The van der Waals surface area contributed by atoms with Crippen LogP contribution < -0.4 is 0 Å². The van der Waals surface area contributed by atoms with Crippen LogP contribution in [-0.2, 0) is 0 Å². The fraction of sp³-hybridized carbons (Fsp3) is 0.333. The molecule has 0 aromatic heterocycles. The van der Waals surface area contributed by atoms with Gasteiger partial charge in [0.2, 0.25) is 0 Å². The summed E-state index contributed by atoms with van der Waals surface area (Å²) in [5, 5.41) is 0.